The molecule has 0 aliphatic carbocycles. The van der Waals surface area contributed by atoms with Gasteiger partial charge in [-0.1, -0.05) is 23.2 Å². The Morgan fingerprint density at radius 1 is 1.41 bits per heavy atom. The number of aromatic nitrogens is 1. The van der Waals surface area contributed by atoms with Gasteiger partial charge in [-0.25, -0.2) is 9.78 Å². The van der Waals surface area contributed by atoms with Gasteiger partial charge in [0.1, 0.15) is 0 Å². The van der Waals surface area contributed by atoms with Gasteiger partial charge in [-0.15, -0.1) is 0 Å². The third-order valence-electron chi connectivity index (χ3n) is 2.15. The van der Waals surface area contributed by atoms with Crippen LogP contribution in [0.1, 0.15) is 16.2 Å². The first kappa shape index (κ1) is 12.0. The van der Waals surface area contributed by atoms with Crippen LogP contribution in [0.25, 0.3) is 11.5 Å². The molecule has 17 heavy (non-hydrogen) atoms. The first-order chi connectivity index (χ1) is 7.99. The fraction of sp³-hybridized carbons (Fsp3) is 0.0909. The lowest BCUT2D eigenvalue weighted by Gasteiger charge is -1.99. The molecule has 1 heterocycles. The molecule has 0 atom stereocenters. The van der Waals surface area contributed by atoms with Crippen LogP contribution in [0, 0.1) is 6.92 Å². The number of carbonyl (C=O) groups is 1. The van der Waals surface area contributed by atoms with Crippen LogP contribution in [-0.4, -0.2) is 16.1 Å². The molecule has 0 aliphatic heterocycles. The van der Waals surface area contributed by atoms with Crippen molar-refractivity contribution in [1.29, 1.82) is 0 Å². The second-order valence-electron chi connectivity index (χ2n) is 3.36. The second kappa shape index (κ2) is 4.39. The number of halogens is 2. The lowest BCUT2D eigenvalue weighted by molar-refractivity contribution is 0.0662. The zero-order chi connectivity index (χ0) is 12.6. The average Bonchev–Trinajstić information content (AvgIpc) is 2.60. The van der Waals surface area contributed by atoms with Crippen molar-refractivity contribution >= 4 is 29.2 Å². The molecule has 0 saturated heterocycles. The summed E-state index contributed by atoms with van der Waals surface area (Å²) in [6.07, 6.45) is 0. The van der Waals surface area contributed by atoms with Crippen molar-refractivity contribution in [1.82, 2.24) is 4.98 Å². The zero-order valence-electron chi connectivity index (χ0n) is 8.70. The molecule has 0 bridgehead atoms. The third-order valence-corrected chi connectivity index (χ3v) is 2.70. The van der Waals surface area contributed by atoms with Crippen molar-refractivity contribution in [2.24, 2.45) is 0 Å². The highest BCUT2D eigenvalue weighted by atomic mass is 35.5. The Morgan fingerprint density at radius 2 is 2.12 bits per heavy atom. The Labute approximate surface area is 107 Å². The van der Waals surface area contributed by atoms with E-state index in [9.17, 15) is 4.79 Å². The Bertz CT molecular complexity index is 592. The number of benzene rings is 1. The zero-order valence-corrected chi connectivity index (χ0v) is 10.2. The molecule has 0 unspecified atom stereocenters. The number of aryl methyl sites for hydroxylation is 1. The van der Waals surface area contributed by atoms with Crippen molar-refractivity contribution in [3.05, 3.63) is 39.7 Å². The predicted molar refractivity (Wildman–Crippen MR) is 63.7 cm³/mol. The molecule has 0 radical (unpaired) electrons. The highest BCUT2D eigenvalue weighted by Crippen LogP contribution is 2.30. The smallest absolute Gasteiger partial charge is 0.373 e. The van der Waals surface area contributed by atoms with Gasteiger partial charge >= 0.3 is 5.97 Å². The number of nitrogens with zero attached hydrogens (tertiary/aromatic N) is 1. The van der Waals surface area contributed by atoms with Gasteiger partial charge in [0.2, 0.25) is 11.7 Å². The number of hydrogen-bond acceptors (Lipinski definition) is 3. The normalized spacial score (nSPS) is 10.5. The van der Waals surface area contributed by atoms with Crippen LogP contribution in [0.15, 0.2) is 22.6 Å². The highest BCUT2D eigenvalue weighted by molar-refractivity contribution is 6.36. The molecule has 0 amide bonds. The number of carboxylic acid groups (broad SMARTS) is 1. The molecule has 1 N–H and O–H groups in total. The summed E-state index contributed by atoms with van der Waals surface area (Å²) >= 11 is 11.7. The lowest BCUT2D eigenvalue weighted by atomic mass is 10.2. The van der Waals surface area contributed by atoms with Gasteiger partial charge in [-0.3, -0.25) is 0 Å². The SMILES string of the molecule is Cc1nc(-c2ccc(Cl)cc2Cl)oc1C(=O)O. The van der Waals surface area contributed by atoms with Crippen LogP contribution in [0.3, 0.4) is 0 Å². The lowest BCUT2D eigenvalue weighted by Crippen LogP contribution is -1.95. The van der Waals surface area contributed by atoms with Crippen LogP contribution < -0.4 is 0 Å². The summed E-state index contributed by atoms with van der Waals surface area (Å²) in [5, 5.41) is 9.70. The van der Waals surface area contributed by atoms with E-state index in [1.165, 1.54) is 0 Å². The van der Waals surface area contributed by atoms with E-state index in [2.05, 4.69) is 4.98 Å². The molecule has 0 aliphatic rings. The average molecular weight is 272 g/mol. The van der Waals surface area contributed by atoms with Gasteiger partial charge in [0.25, 0.3) is 0 Å². The van der Waals surface area contributed by atoms with Crippen LogP contribution in [-0.2, 0) is 0 Å². The maximum Gasteiger partial charge on any atom is 0.373 e. The van der Waals surface area contributed by atoms with Gasteiger partial charge in [-0.05, 0) is 25.1 Å². The first-order valence-corrected chi connectivity index (χ1v) is 5.41. The van der Waals surface area contributed by atoms with Crippen molar-refractivity contribution in [2.45, 2.75) is 6.92 Å². The fourth-order valence-corrected chi connectivity index (χ4v) is 1.86. The van der Waals surface area contributed by atoms with E-state index in [1.807, 2.05) is 0 Å². The van der Waals surface area contributed by atoms with Gasteiger partial charge in [0.05, 0.1) is 16.3 Å². The molecule has 88 valence electrons. The van der Waals surface area contributed by atoms with Gasteiger partial charge in [0, 0.05) is 5.02 Å². The predicted octanol–water partition coefficient (Wildman–Crippen LogP) is 3.66. The molecule has 2 rings (SSSR count). The molecule has 0 fully saturated rings. The molecule has 6 heteroatoms. The second-order valence-corrected chi connectivity index (χ2v) is 4.21. The molecule has 0 spiro atoms. The Morgan fingerprint density at radius 3 is 2.65 bits per heavy atom. The van der Waals surface area contributed by atoms with E-state index in [4.69, 9.17) is 32.7 Å². The first-order valence-electron chi connectivity index (χ1n) is 4.65. The van der Waals surface area contributed by atoms with E-state index in [0.717, 1.165) is 0 Å². The minimum Gasteiger partial charge on any atom is -0.475 e. The Hall–Kier alpha value is -1.52. The summed E-state index contributed by atoms with van der Waals surface area (Å²) in [7, 11) is 0. The van der Waals surface area contributed by atoms with E-state index >= 15 is 0 Å². The Kier molecular flexibility index (Phi) is 3.09. The minimum atomic E-state index is -1.16. The summed E-state index contributed by atoms with van der Waals surface area (Å²) in [5.74, 6) is -1.18. The molecular formula is C11H7Cl2NO3. The fourth-order valence-electron chi connectivity index (χ4n) is 1.37. The summed E-state index contributed by atoms with van der Waals surface area (Å²) in [6, 6.07) is 4.79. The summed E-state index contributed by atoms with van der Waals surface area (Å²) in [5.41, 5.74) is 0.810. The van der Waals surface area contributed by atoms with Gasteiger partial charge in [-0.2, -0.15) is 0 Å². The number of oxazole rings is 1. The van der Waals surface area contributed by atoms with Crippen molar-refractivity contribution < 1.29 is 14.3 Å². The van der Waals surface area contributed by atoms with Crippen molar-refractivity contribution in [3.8, 4) is 11.5 Å². The van der Waals surface area contributed by atoms with Crippen LogP contribution in [0.4, 0.5) is 0 Å². The van der Waals surface area contributed by atoms with E-state index in [-0.39, 0.29) is 11.7 Å². The van der Waals surface area contributed by atoms with E-state index in [0.29, 0.717) is 21.3 Å². The number of hydrogen-bond donors (Lipinski definition) is 1. The molecular weight excluding hydrogens is 265 g/mol. The third kappa shape index (κ3) is 2.28. The number of rotatable bonds is 2. The topological polar surface area (TPSA) is 63.3 Å². The van der Waals surface area contributed by atoms with Crippen molar-refractivity contribution in [2.75, 3.05) is 0 Å². The molecule has 0 saturated carbocycles. The quantitative estimate of drug-likeness (QED) is 0.906. The maximum atomic E-state index is 10.8. The molecule has 4 nitrogen and oxygen atoms in total. The number of carboxylic acids is 1. The minimum absolute atomic E-state index is 0.168. The maximum absolute atomic E-state index is 10.8. The van der Waals surface area contributed by atoms with Gasteiger partial charge in [0.15, 0.2) is 0 Å². The van der Waals surface area contributed by atoms with E-state index < -0.39 is 5.97 Å². The van der Waals surface area contributed by atoms with Crippen molar-refractivity contribution in [3.63, 3.8) is 0 Å². The largest absolute Gasteiger partial charge is 0.475 e. The molecule has 2 aromatic rings. The van der Waals surface area contributed by atoms with Gasteiger partial charge < -0.3 is 9.52 Å². The van der Waals surface area contributed by atoms with Crippen LogP contribution >= 0.6 is 23.2 Å². The number of aromatic carboxylic acids is 1. The highest BCUT2D eigenvalue weighted by Gasteiger charge is 2.18. The molecule has 1 aromatic heterocycles. The summed E-state index contributed by atoms with van der Waals surface area (Å²) in [6.45, 7) is 1.56. The summed E-state index contributed by atoms with van der Waals surface area (Å²) < 4.78 is 5.14. The standard InChI is InChI=1S/C11H7Cl2NO3/c1-5-9(11(15)16)17-10(14-5)7-3-2-6(12)4-8(7)13/h2-4H,1H3,(H,15,16). The molecule has 1 aromatic carbocycles. The summed E-state index contributed by atoms with van der Waals surface area (Å²) in [4.78, 5) is 14.8. The van der Waals surface area contributed by atoms with E-state index in [1.54, 1.807) is 25.1 Å². The Balaban J connectivity index is 2.53. The van der Waals surface area contributed by atoms with Crippen LogP contribution in [0.2, 0.25) is 10.0 Å². The van der Waals surface area contributed by atoms with Crippen LogP contribution in [0.5, 0.6) is 0 Å². The monoisotopic (exact) mass is 271 g/mol.